The Labute approximate surface area is 263 Å². The molecule has 0 nitrogen and oxygen atoms in total. The molecule has 0 saturated heterocycles. The highest BCUT2D eigenvalue weighted by molar-refractivity contribution is 14.1. The molecule has 0 fully saturated rings. The van der Waals surface area contributed by atoms with Crippen molar-refractivity contribution in [3.63, 3.8) is 0 Å². The van der Waals surface area contributed by atoms with E-state index in [0.29, 0.717) is 0 Å². The van der Waals surface area contributed by atoms with Gasteiger partial charge in [-0.15, -0.1) is 11.3 Å². The van der Waals surface area contributed by atoms with Gasteiger partial charge < -0.3 is 0 Å². The number of fused-ring (bicyclic) bond motifs is 4. The Morgan fingerprint density at radius 1 is 0.381 bits per heavy atom. The third kappa shape index (κ3) is 4.61. The van der Waals surface area contributed by atoms with Crippen LogP contribution in [0.1, 0.15) is 0 Å². The Balaban J connectivity index is 1.10. The van der Waals surface area contributed by atoms with Gasteiger partial charge in [0, 0.05) is 23.7 Å². The molecule has 0 atom stereocenters. The Hall–Kier alpha value is -4.25. The molecule has 0 aliphatic carbocycles. The van der Waals surface area contributed by atoms with Crippen LogP contribution in [0.2, 0.25) is 0 Å². The molecule has 0 unspecified atom stereocenters. The highest BCUT2D eigenvalue weighted by Gasteiger charge is 2.11. The lowest BCUT2D eigenvalue weighted by atomic mass is 9.95. The maximum atomic E-state index is 2.35. The van der Waals surface area contributed by atoms with E-state index in [9.17, 15) is 0 Å². The smallest absolute Gasteiger partial charge is 0.0433 e. The number of benzene rings is 7. The van der Waals surface area contributed by atoms with Crippen LogP contribution in [-0.2, 0) is 0 Å². The topological polar surface area (TPSA) is 0 Å². The third-order valence-corrected chi connectivity index (χ3v) is 10.1. The Kier molecular flexibility index (Phi) is 6.39. The van der Waals surface area contributed by atoms with Crippen molar-refractivity contribution >= 4 is 64.9 Å². The van der Waals surface area contributed by atoms with E-state index >= 15 is 0 Å². The lowest BCUT2D eigenvalue weighted by molar-refractivity contribution is 1.58. The summed E-state index contributed by atoms with van der Waals surface area (Å²) < 4.78 is 3.95. The van der Waals surface area contributed by atoms with Crippen LogP contribution in [0, 0.1) is 3.57 Å². The number of thiophene rings is 1. The van der Waals surface area contributed by atoms with Gasteiger partial charge in [-0.1, -0.05) is 121 Å². The zero-order valence-corrected chi connectivity index (χ0v) is 25.7. The molecule has 0 bridgehead atoms. The monoisotopic (exact) mass is 664 g/mol. The molecule has 0 aliphatic rings. The molecule has 0 saturated carbocycles. The van der Waals surface area contributed by atoms with Crippen LogP contribution in [0.4, 0.5) is 0 Å². The van der Waals surface area contributed by atoms with Crippen LogP contribution < -0.4 is 0 Å². The van der Waals surface area contributed by atoms with Crippen LogP contribution in [0.25, 0.3) is 75.5 Å². The lowest BCUT2D eigenvalue weighted by Crippen LogP contribution is -1.84. The fraction of sp³-hybridized carbons (Fsp3) is 0. The molecule has 8 aromatic rings. The summed E-state index contributed by atoms with van der Waals surface area (Å²) >= 11 is 4.23. The van der Waals surface area contributed by atoms with Crippen molar-refractivity contribution < 1.29 is 0 Å². The van der Waals surface area contributed by atoms with Crippen molar-refractivity contribution in [2.75, 3.05) is 0 Å². The summed E-state index contributed by atoms with van der Waals surface area (Å²) in [6, 6.07) is 55.6. The molecule has 8 rings (SSSR count). The van der Waals surface area contributed by atoms with Crippen LogP contribution in [-0.4, -0.2) is 0 Å². The Morgan fingerprint density at radius 3 is 1.52 bits per heavy atom. The summed E-state index contributed by atoms with van der Waals surface area (Å²) in [6.45, 7) is 0. The van der Waals surface area contributed by atoms with Gasteiger partial charge in [-0.3, -0.25) is 0 Å². The standard InChI is InChI=1S/C40H25IS/c41-35-22-20-27(21-23-35)26-8-10-28(11-9-26)32-18-14-30-15-19-33(25-34(30)24-32)29-12-16-31(17-13-29)36-5-3-6-38-37-4-1-2-7-39(37)42-40(36)38/h1-25H. The zero-order chi connectivity index (χ0) is 28.0. The molecular formula is C40H25IS. The zero-order valence-electron chi connectivity index (χ0n) is 22.7. The molecule has 0 amide bonds. The van der Waals surface area contributed by atoms with E-state index in [1.807, 2.05) is 11.3 Å². The summed E-state index contributed by atoms with van der Waals surface area (Å²) in [5.41, 5.74) is 9.99. The summed E-state index contributed by atoms with van der Waals surface area (Å²) in [4.78, 5) is 0. The van der Waals surface area contributed by atoms with E-state index in [2.05, 4.69) is 174 Å². The maximum absolute atomic E-state index is 2.35. The number of halogens is 1. The largest absolute Gasteiger partial charge is 0.135 e. The van der Waals surface area contributed by atoms with Crippen molar-refractivity contribution in [2.24, 2.45) is 0 Å². The first kappa shape index (κ1) is 25.5. The van der Waals surface area contributed by atoms with E-state index < -0.39 is 0 Å². The normalized spacial score (nSPS) is 11.5. The second-order valence-electron chi connectivity index (χ2n) is 10.7. The number of hydrogen-bond donors (Lipinski definition) is 0. The SMILES string of the molecule is Ic1ccc(-c2ccc(-c3ccc4ccc(-c5ccc(-c6cccc7c6sc6ccccc67)cc5)cc4c3)cc2)cc1. The molecule has 2 heteroatoms. The van der Waals surface area contributed by atoms with Crippen LogP contribution in [0.15, 0.2) is 152 Å². The van der Waals surface area contributed by atoms with E-state index in [1.165, 1.54) is 79.0 Å². The van der Waals surface area contributed by atoms with Crippen molar-refractivity contribution in [1.29, 1.82) is 0 Å². The summed E-state index contributed by atoms with van der Waals surface area (Å²) in [6.07, 6.45) is 0. The molecule has 0 radical (unpaired) electrons. The third-order valence-electron chi connectivity index (χ3n) is 8.17. The van der Waals surface area contributed by atoms with Gasteiger partial charge in [0.2, 0.25) is 0 Å². The fourth-order valence-electron chi connectivity index (χ4n) is 5.92. The minimum absolute atomic E-state index is 1.23. The van der Waals surface area contributed by atoms with Crippen molar-refractivity contribution in [2.45, 2.75) is 0 Å². The molecule has 1 heterocycles. The lowest BCUT2D eigenvalue weighted by Gasteiger charge is -2.09. The molecule has 198 valence electrons. The van der Waals surface area contributed by atoms with E-state index in [0.717, 1.165) is 0 Å². The maximum Gasteiger partial charge on any atom is 0.0433 e. The molecular weight excluding hydrogens is 639 g/mol. The molecule has 1 aromatic heterocycles. The summed E-state index contributed by atoms with van der Waals surface area (Å²) in [5, 5.41) is 5.19. The molecule has 7 aromatic carbocycles. The highest BCUT2D eigenvalue weighted by atomic mass is 127. The minimum atomic E-state index is 1.23. The van der Waals surface area contributed by atoms with Gasteiger partial charge in [-0.05, 0) is 108 Å². The van der Waals surface area contributed by atoms with E-state index in [-0.39, 0.29) is 0 Å². The first-order chi connectivity index (χ1) is 20.7. The average Bonchev–Trinajstić information content (AvgIpc) is 3.44. The predicted octanol–water partition coefficient (Wildman–Crippen LogP) is 12.5. The highest BCUT2D eigenvalue weighted by Crippen LogP contribution is 2.40. The Bertz CT molecular complexity index is 2220. The number of hydrogen-bond acceptors (Lipinski definition) is 1. The Morgan fingerprint density at radius 2 is 0.881 bits per heavy atom. The predicted molar refractivity (Wildman–Crippen MR) is 191 cm³/mol. The molecule has 0 spiro atoms. The van der Waals surface area contributed by atoms with Gasteiger partial charge in [0.15, 0.2) is 0 Å². The van der Waals surface area contributed by atoms with Gasteiger partial charge in [0.25, 0.3) is 0 Å². The van der Waals surface area contributed by atoms with Crippen molar-refractivity contribution in [3.8, 4) is 44.5 Å². The van der Waals surface area contributed by atoms with Gasteiger partial charge in [-0.25, -0.2) is 0 Å². The van der Waals surface area contributed by atoms with Gasteiger partial charge >= 0.3 is 0 Å². The first-order valence-corrected chi connectivity index (χ1v) is 16.0. The van der Waals surface area contributed by atoms with Crippen LogP contribution >= 0.6 is 33.9 Å². The second-order valence-corrected chi connectivity index (χ2v) is 13.0. The minimum Gasteiger partial charge on any atom is -0.135 e. The van der Waals surface area contributed by atoms with Crippen molar-refractivity contribution in [3.05, 3.63) is 155 Å². The van der Waals surface area contributed by atoms with E-state index in [1.54, 1.807) is 0 Å². The van der Waals surface area contributed by atoms with Gasteiger partial charge in [0.1, 0.15) is 0 Å². The van der Waals surface area contributed by atoms with Crippen molar-refractivity contribution in [1.82, 2.24) is 0 Å². The summed E-state index contributed by atoms with van der Waals surface area (Å²) in [5.74, 6) is 0. The second kappa shape index (κ2) is 10.5. The molecule has 0 N–H and O–H groups in total. The average molecular weight is 665 g/mol. The fourth-order valence-corrected chi connectivity index (χ4v) is 7.52. The van der Waals surface area contributed by atoms with E-state index in [4.69, 9.17) is 0 Å². The number of rotatable bonds is 4. The molecule has 42 heavy (non-hydrogen) atoms. The quantitative estimate of drug-likeness (QED) is 0.164. The van der Waals surface area contributed by atoms with Gasteiger partial charge in [-0.2, -0.15) is 0 Å². The van der Waals surface area contributed by atoms with Gasteiger partial charge in [0.05, 0.1) is 0 Å². The molecule has 0 aliphatic heterocycles. The summed E-state index contributed by atoms with van der Waals surface area (Å²) in [7, 11) is 0. The first-order valence-electron chi connectivity index (χ1n) is 14.1. The van der Waals surface area contributed by atoms with Crippen LogP contribution in [0.5, 0.6) is 0 Å². The van der Waals surface area contributed by atoms with Crippen LogP contribution in [0.3, 0.4) is 0 Å².